The lowest BCUT2D eigenvalue weighted by molar-refractivity contribution is -0.116. The van der Waals surface area contributed by atoms with Crippen LogP contribution in [0.3, 0.4) is 0 Å². The first-order valence-corrected chi connectivity index (χ1v) is 10.2. The minimum absolute atomic E-state index is 0.0335. The van der Waals surface area contributed by atoms with E-state index >= 15 is 0 Å². The topological polar surface area (TPSA) is 76.2 Å². The Morgan fingerprint density at radius 2 is 1.97 bits per heavy atom. The number of nitrogens with one attached hydrogen (secondary N) is 2. The molecule has 1 amide bonds. The number of hydrogen-bond donors (Lipinski definition) is 2. The van der Waals surface area contributed by atoms with Crippen LogP contribution in [0.1, 0.15) is 38.5 Å². The second-order valence-electron chi connectivity index (χ2n) is 7.64. The average molecular weight is 393 g/mol. The fourth-order valence-corrected chi connectivity index (χ4v) is 4.15. The summed E-state index contributed by atoms with van der Waals surface area (Å²) in [5.74, 6) is 2.81. The number of aromatic amines is 1. The number of fused-ring (bicyclic) bond motifs is 1. The Labute approximate surface area is 170 Å². The number of rotatable bonds is 7. The van der Waals surface area contributed by atoms with Gasteiger partial charge in [-0.1, -0.05) is 31.7 Å². The predicted octanol–water partition coefficient (Wildman–Crippen LogP) is 5.16. The van der Waals surface area contributed by atoms with Crippen LogP contribution in [0.2, 0.25) is 0 Å². The Morgan fingerprint density at radius 3 is 2.72 bits per heavy atom. The lowest BCUT2D eigenvalue weighted by atomic mass is 10.0. The van der Waals surface area contributed by atoms with E-state index in [4.69, 9.17) is 9.47 Å². The van der Waals surface area contributed by atoms with Gasteiger partial charge < -0.3 is 14.8 Å². The molecule has 3 aromatic rings. The molecular formula is C23H27N3O3. The van der Waals surface area contributed by atoms with Crippen molar-refractivity contribution in [3.8, 4) is 22.6 Å². The first-order valence-electron chi connectivity index (χ1n) is 10.2. The van der Waals surface area contributed by atoms with E-state index in [0.717, 1.165) is 39.9 Å². The van der Waals surface area contributed by atoms with Crippen LogP contribution in [0.15, 0.2) is 36.4 Å². The van der Waals surface area contributed by atoms with Crippen molar-refractivity contribution in [1.29, 1.82) is 0 Å². The number of anilines is 1. The summed E-state index contributed by atoms with van der Waals surface area (Å²) in [6, 6.07) is 11.7. The van der Waals surface area contributed by atoms with Gasteiger partial charge in [0.05, 0.1) is 19.7 Å². The largest absolute Gasteiger partial charge is 0.497 e. The highest BCUT2D eigenvalue weighted by Gasteiger charge is 2.17. The minimum atomic E-state index is 0.0335. The summed E-state index contributed by atoms with van der Waals surface area (Å²) in [5.41, 5.74) is 2.83. The Hall–Kier alpha value is -3.02. The first kappa shape index (κ1) is 19.3. The van der Waals surface area contributed by atoms with Crippen LogP contribution in [0, 0.1) is 5.92 Å². The molecule has 1 aromatic heterocycles. The van der Waals surface area contributed by atoms with E-state index in [9.17, 15) is 4.79 Å². The molecule has 2 aromatic carbocycles. The summed E-state index contributed by atoms with van der Waals surface area (Å²) in [7, 11) is 3.28. The number of carbonyl (C=O) groups excluding carboxylic acids is 1. The number of ether oxygens (including phenoxy) is 2. The van der Waals surface area contributed by atoms with Gasteiger partial charge in [0.15, 0.2) is 5.82 Å². The number of hydrogen-bond acceptors (Lipinski definition) is 4. The van der Waals surface area contributed by atoms with Crippen molar-refractivity contribution in [2.45, 2.75) is 38.5 Å². The molecule has 0 atom stereocenters. The molecule has 6 nitrogen and oxygen atoms in total. The standard InChI is InChI=1S/C23H27N3O3/c1-28-17-9-11-18(21(14-17)29-2)16-8-10-19-20(13-16)25-26-23(19)24-22(27)12-7-15-5-3-4-6-15/h8-11,13-15H,3-7,12H2,1-2H3,(H2,24,25,26,27). The SMILES string of the molecule is COc1ccc(-c2ccc3c(NC(=O)CCC4CCCC4)n[nH]c3c2)c(OC)c1. The van der Waals surface area contributed by atoms with Crippen molar-refractivity contribution in [1.82, 2.24) is 10.2 Å². The van der Waals surface area contributed by atoms with Gasteiger partial charge >= 0.3 is 0 Å². The zero-order chi connectivity index (χ0) is 20.2. The van der Waals surface area contributed by atoms with Crippen LogP contribution in [0.4, 0.5) is 5.82 Å². The Kier molecular flexibility index (Phi) is 5.69. The second-order valence-corrected chi connectivity index (χ2v) is 7.64. The summed E-state index contributed by atoms with van der Waals surface area (Å²) in [6.45, 7) is 0. The second kappa shape index (κ2) is 8.55. The number of nitrogens with zero attached hydrogens (tertiary/aromatic N) is 1. The zero-order valence-corrected chi connectivity index (χ0v) is 17.0. The summed E-state index contributed by atoms with van der Waals surface area (Å²) in [4.78, 5) is 12.3. The Balaban J connectivity index is 1.51. The quantitative estimate of drug-likeness (QED) is 0.582. The van der Waals surface area contributed by atoms with E-state index in [2.05, 4.69) is 15.5 Å². The predicted molar refractivity (Wildman–Crippen MR) is 114 cm³/mol. The fraction of sp³-hybridized carbons (Fsp3) is 0.391. The highest BCUT2D eigenvalue weighted by atomic mass is 16.5. The maximum Gasteiger partial charge on any atom is 0.225 e. The summed E-state index contributed by atoms with van der Waals surface area (Å²) >= 11 is 0. The highest BCUT2D eigenvalue weighted by molar-refractivity contribution is 6.00. The molecule has 1 saturated carbocycles. The fourth-order valence-electron chi connectivity index (χ4n) is 4.15. The molecule has 1 aliphatic rings. The highest BCUT2D eigenvalue weighted by Crippen LogP contribution is 2.35. The van der Waals surface area contributed by atoms with Crippen LogP contribution in [-0.4, -0.2) is 30.3 Å². The van der Waals surface area contributed by atoms with Crippen molar-refractivity contribution < 1.29 is 14.3 Å². The molecule has 6 heteroatoms. The molecule has 0 bridgehead atoms. The molecule has 0 radical (unpaired) electrons. The zero-order valence-electron chi connectivity index (χ0n) is 17.0. The van der Waals surface area contributed by atoms with E-state index in [1.54, 1.807) is 14.2 Å². The molecule has 152 valence electrons. The molecule has 0 spiro atoms. The number of methoxy groups -OCH3 is 2. The molecule has 1 aliphatic carbocycles. The third kappa shape index (κ3) is 4.21. The van der Waals surface area contributed by atoms with Crippen molar-refractivity contribution in [3.05, 3.63) is 36.4 Å². The number of amides is 1. The van der Waals surface area contributed by atoms with Crippen molar-refractivity contribution in [3.63, 3.8) is 0 Å². The minimum Gasteiger partial charge on any atom is -0.497 e. The number of benzene rings is 2. The Morgan fingerprint density at radius 1 is 1.14 bits per heavy atom. The Bertz CT molecular complexity index is 1010. The van der Waals surface area contributed by atoms with Gasteiger partial charge in [0.1, 0.15) is 11.5 Å². The van der Waals surface area contributed by atoms with Gasteiger partial charge in [-0.2, -0.15) is 5.10 Å². The molecule has 1 fully saturated rings. The van der Waals surface area contributed by atoms with Crippen LogP contribution >= 0.6 is 0 Å². The van der Waals surface area contributed by atoms with Crippen molar-refractivity contribution in [2.75, 3.05) is 19.5 Å². The van der Waals surface area contributed by atoms with Gasteiger partial charge in [-0.05, 0) is 42.2 Å². The molecule has 4 rings (SSSR count). The smallest absolute Gasteiger partial charge is 0.225 e. The van der Waals surface area contributed by atoms with E-state index in [1.807, 2.05) is 36.4 Å². The molecular weight excluding hydrogens is 366 g/mol. The molecule has 0 saturated heterocycles. The maximum atomic E-state index is 12.3. The van der Waals surface area contributed by atoms with Crippen LogP contribution < -0.4 is 14.8 Å². The molecule has 1 heterocycles. The monoisotopic (exact) mass is 393 g/mol. The van der Waals surface area contributed by atoms with Gasteiger partial charge in [0, 0.05) is 23.4 Å². The summed E-state index contributed by atoms with van der Waals surface area (Å²) < 4.78 is 10.8. The van der Waals surface area contributed by atoms with Crippen LogP contribution in [-0.2, 0) is 4.79 Å². The van der Waals surface area contributed by atoms with E-state index in [1.165, 1.54) is 25.7 Å². The lowest BCUT2D eigenvalue weighted by Crippen LogP contribution is -2.13. The van der Waals surface area contributed by atoms with E-state index in [0.29, 0.717) is 18.2 Å². The number of H-pyrrole nitrogens is 1. The van der Waals surface area contributed by atoms with Gasteiger partial charge in [0.25, 0.3) is 0 Å². The lowest BCUT2D eigenvalue weighted by Gasteiger charge is -2.11. The number of aromatic nitrogens is 2. The maximum absolute atomic E-state index is 12.3. The third-order valence-electron chi connectivity index (χ3n) is 5.79. The molecule has 29 heavy (non-hydrogen) atoms. The molecule has 0 unspecified atom stereocenters. The van der Waals surface area contributed by atoms with E-state index in [-0.39, 0.29) is 5.91 Å². The van der Waals surface area contributed by atoms with Gasteiger partial charge in [0.2, 0.25) is 5.91 Å². The van der Waals surface area contributed by atoms with Gasteiger partial charge in [-0.15, -0.1) is 0 Å². The first-order chi connectivity index (χ1) is 14.2. The van der Waals surface area contributed by atoms with E-state index < -0.39 is 0 Å². The average Bonchev–Trinajstić information content (AvgIpc) is 3.41. The normalized spacial score (nSPS) is 14.3. The molecule has 2 N–H and O–H groups in total. The van der Waals surface area contributed by atoms with Crippen LogP contribution in [0.5, 0.6) is 11.5 Å². The van der Waals surface area contributed by atoms with Gasteiger partial charge in [-0.3, -0.25) is 9.89 Å². The summed E-state index contributed by atoms with van der Waals surface area (Å²) in [6.07, 6.45) is 6.65. The third-order valence-corrected chi connectivity index (χ3v) is 5.79. The molecule has 0 aliphatic heterocycles. The van der Waals surface area contributed by atoms with Crippen molar-refractivity contribution in [2.24, 2.45) is 5.92 Å². The number of carbonyl (C=O) groups is 1. The van der Waals surface area contributed by atoms with Crippen molar-refractivity contribution >= 4 is 22.6 Å². The summed E-state index contributed by atoms with van der Waals surface area (Å²) in [5, 5.41) is 11.2. The van der Waals surface area contributed by atoms with Gasteiger partial charge in [-0.25, -0.2) is 0 Å². The van der Waals surface area contributed by atoms with Crippen LogP contribution in [0.25, 0.3) is 22.0 Å².